The fourth-order valence-electron chi connectivity index (χ4n) is 2.15. The van der Waals surface area contributed by atoms with Crippen molar-refractivity contribution in [2.24, 2.45) is 0 Å². The number of rotatable bonds is 4. The van der Waals surface area contributed by atoms with E-state index in [1.165, 1.54) is 18.2 Å². The molecule has 8 heteroatoms. The van der Waals surface area contributed by atoms with Crippen LogP contribution < -0.4 is 5.32 Å². The average molecular weight is 350 g/mol. The lowest BCUT2D eigenvalue weighted by Crippen LogP contribution is -2.14. The van der Waals surface area contributed by atoms with Crippen LogP contribution >= 0.6 is 0 Å². The van der Waals surface area contributed by atoms with Crippen molar-refractivity contribution in [3.8, 4) is 11.3 Å². The molecule has 0 saturated heterocycles. The third kappa shape index (κ3) is 3.85. The van der Waals surface area contributed by atoms with E-state index in [0.29, 0.717) is 6.07 Å². The van der Waals surface area contributed by atoms with Gasteiger partial charge in [0.15, 0.2) is 17.4 Å². The minimum atomic E-state index is -1.09. The minimum absolute atomic E-state index is 0.00108. The van der Waals surface area contributed by atoms with E-state index in [1.807, 2.05) is 0 Å². The average Bonchev–Trinajstić information content (AvgIpc) is 2.99. The second kappa shape index (κ2) is 6.76. The first-order valence-corrected chi connectivity index (χ1v) is 7.08. The number of carbonyl (C=O) groups is 1. The van der Waals surface area contributed by atoms with Crippen molar-refractivity contribution < 1.29 is 26.9 Å². The van der Waals surface area contributed by atoms with Crippen LogP contribution in [0.3, 0.4) is 0 Å². The normalized spacial score (nSPS) is 10.7. The van der Waals surface area contributed by atoms with E-state index in [2.05, 4.69) is 10.5 Å². The van der Waals surface area contributed by atoms with Gasteiger partial charge in [0.05, 0.1) is 17.7 Å². The summed E-state index contributed by atoms with van der Waals surface area (Å²) in [5, 5.41) is 6.01. The second-order valence-electron chi connectivity index (χ2n) is 5.16. The van der Waals surface area contributed by atoms with Crippen LogP contribution in [-0.2, 0) is 11.2 Å². The Bertz CT molecular complexity index is 940. The summed E-state index contributed by atoms with van der Waals surface area (Å²) in [7, 11) is 0. The van der Waals surface area contributed by atoms with Crippen molar-refractivity contribution >= 4 is 11.6 Å². The Hall–Kier alpha value is -3.16. The molecule has 128 valence electrons. The van der Waals surface area contributed by atoms with E-state index in [9.17, 15) is 22.4 Å². The van der Waals surface area contributed by atoms with Crippen LogP contribution in [0, 0.1) is 23.3 Å². The summed E-state index contributed by atoms with van der Waals surface area (Å²) in [6.45, 7) is 0. The first-order chi connectivity index (χ1) is 11.9. The zero-order valence-electron chi connectivity index (χ0n) is 12.5. The molecule has 0 fully saturated rings. The van der Waals surface area contributed by atoms with Gasteiger partial charge in [-0.3, -0.25) is 4.79 Å². The quantitative estimate of drug-likeness (QED) is 0.722. The number of aromatic nitrogens is 1. The molecule has 0 bridgehead atoms. The number of hydrogen-bond acceptors (Lipinski definition) is 3. The summed E-state index contributed by atoms with van der Waals surface area (Å²) in [6, 6.07) is 7.23. The zero-order chi connectivity index (χ0) is 18.0. The molecule has 1 N–H and O–H groups in total. The van der Waals surface area contributed by atoms with Crippen molar-refractivity contribution in [3.05, 3.63) is 71.4 Å². The third-order valence-corrected chi connectivity index (χ3v) is 3.30. The van der Waals surface area contributed by atoms with Crippen LogP contribution in [0.5, 0.6) is 0 Å². The number of benzene rings is 2. The van der Waals surface area contributed by atoms with Crippen molar-refractivity contribution in [1.82, 2.24) is 5.16 Å². The second-order valence-corrected chi connectivity index (χ2v) is 5.16. The molecule has 1 heterocycles. The van der Waals surface area contributed by atoms with Crippen LogP contribution in [-0.4, -0.2) is 11.1 Å². The van der Waals surface area contributed by atoms with Gasteiger partial charge in [-0.1, -0.05) is 5.16 Å². The van der Waals surface area contributed by atoms with Crippen LogP contribution in [0.4, 0.5) is 23.2 Å². The molecule has 0 aliphatic heterocycles. The number of carbonyl (C=O) groups excluding carboxylic acids is 1. The fraction of sp³-hybridized carbons (Fsp3) is 0.0588. The highest BCUT2D eigenvalue weighted by atomic mass is 19.2. The highest BCUT2D eigenvalue weighted by molar-refractivity contribution is 5.92. The summed E-state index contributed by atoms with van der Waals surface area (Å²) < 4.78 is 57.5. The Labute approximate surface area is 139 Å². The van der Waals surface area contributed by atoms with Crippen molar-refractivity contribution in [3.63, 3.8) is 0 Å². The van der Waals surface area contributed by atoms with Crippen LogP contribution in [0.2, 0.25) is 0 Å². The van der Waals surface area contributed by atoms with Gasteiger partial charge in [0, 0.05) is 23.9 Å². The van der Waals surface area contributed by atoms with Gasteiger partial charge in [0.25, 0.3) is 0 Å². The molecule has 0 radical (unpaired) electrons. The Morgan fingerprint density at radius 3 is 2.48 bits per heavy atom. The molecule has 1 aromatic heterocycles. The van der Waals surface area contributed by atoms with Crippen LogP contribution in [0.15, 0.2) is 47.0 Å². The van der Waals surface area contributed by atoms with Crippen molar-refractivity contribution in [2.75, 3.05) is 5.32 Å². The van der Waals surface area contributed by atoms with E-state index in [0.717, 1.165) is 18.2 Å². The van der Waals surface area contributed by atoms with Gasteiger partial charge in [-0.25, -0.2) is 17.6 Å². The maximum atomic E-state index is 13.7. The summed E-state index contributed by atoms with van der Waals surface area (Å²) in [5.74, 6) is -4.19. The van der Waals surface area contributed by atoms with Gasteiger partial charge >= 0.3 is 0 Å². The van der Waals surface area contributed by atoms with E-state index >= 15 is 0 Å². The molecule has 0 atom stereocenters. The zero-order valence-corrected chi connectivity index (χ0v) is 12.5. The number of nitrogens with one attached hydrogen (secondary N) is 1. The molecule has 0 aliphatic carbocycles. The van der Waals surface area contributed by atoms with Gasteiger partial charge in [0.1, 0.15) is 11.6 Å². The Morgan fingerprint density at radius 2 is 1.76 bits per heavy atom. The highest BCUT2D eigenvalue weighted by Gasteiger charge is 2.15. The predicted molar refractivity (Wildman–Crippen MR) is 80.5 cm³/mol. The molecular weight excluding hydrogens is 340 g/mol. The predicted octanol–water partition coefficient (Wildman–Crippen LogP) is 4.08. The third-order valence-electron chi connectivity index (χ3n) is 3.30. The lowest BCUT2D eigenvalue weighted by atomic mass is 10.1. The first-order valence-electron chi connectivity index (χ1n) is 7.08. The lowest BCUT2D eigenvalue weighted by molar-refractivity contribution is -0.115. The number of nitrogens with zero attached hydrogens (tertiary/aromatic N) is 1. The summed E-state index contributed by atoms with van der Waals surface area (Å²) in [5.41, 5.74) is 0.275. The van der Waals surface area contributed by atoms with E-state index < -0.39 is 29.2 Å². The Balaban J connectivity index is 1.70. The topological polar surface area (TPSA) is 55.1 Å². The van der Waals surface area contributed by atoms with Gasteiger partial charge < -0.3 is 9.84 Å². The molecule has 4 nitrogen and oxygen atoms in total. The van der Waals surface area contributed by atoms with Crippen molar-refractivity contribution in [2.45, 2.75) is 6.42 Å². The SMILES string of the molecule is O=C(Cc1cc(-c2ccc(F)cc2F)on1)Nc1ccc(F)c(F)c1. The van der Waals surface area contributed by atoms with E-state index in [4.69, 9.17) is 4.52 Å². The number of anilines is 1. The summed E-state index contributed by atoms with van der Waals surface area (Å²) in [4.78, 5) is 11.9. The van der Waals surface area contributed by atoms with Gasteiger partial charge in [0.2, 0.25) is 5.91 Å². The van der Waals surface area contributed by atoms with Crippen molar-refractivity contribution in [1.29, 1.82) is 0 Å². The van der Waals surface area contributed by atoms with Gasteiger partial charge in [-0.2, -0.15) is 0 Å². The lowest BCUT2D eigenvalue weighted by Gasteiger charge is -2.04. The number of amides is 1. The largest absolute Gasteiger partial charge is 0.356 e. The molecule has 0 spiro atoms. The monoisotopic (exact) mass is 350 g/mol. The first kappa shape index (κ1) is 16.7. The molecule has 25 heavy (non-hydrogen) atoms. The van der Waals surface area contributed by atoms with Crippen LogP contribution in [0.1, 0.15) is 5.69 Å². The van der Waals surface area contributed by atoms with E-state index in [-0.39, 0.29) is 29.1 Å². The van der Waals surface area contributed by atoms with Gasteiger partial charge in [-0.05, 0) is 24.3 Å². The minimum Gasteiger partial charge on any atom is -0.356 e. The summed E-state index contributed by atoms with van der Waals surface area (Å²) >= 11 is 0. The Kier molecular flexibility index (Phi) is 4.51. The maximum absolute atomic E-state index is 13.7. The fourth-order valence-corrected chi connectivity index (χ4v) is 2.15. The summed E-state index contributed by atoms with van der Waals surface area (Å²) in [6.07, 6.45) is -0.231. The Morgan fingerprint density at radius 1 is 0.960 bits per heavy atom. The molecule has 3 aromatic rings. The molecular formula is C17H10F4N2O2. The van der Waals surface area contributed by atoms with E-state index in [1.54, 1.807) is 0 Å². The molecule has 3 rings (SSSR count). The van der Waals surface area contributed by atoms with Gasteiger partial charge in [-0.15, -0.1) is 0 Å². The molecule has 0 saturated carbocycles. The maximum Gasteiger partial charge on any atom is 0.230 e. The molecule has 1 amide bonds. The standard InChI is InChI=1S/C17H10F4N2O2/c18-9-1-3-12(14(20)5-9)16-7-11(23-25-16)8-17(24)22-10-2-4-13(19)15(21)6-10/h1-7H,8H2,(H,22,24). The number of halogens is 4. The molecule has 0 aliphatic rings. The molecule has 0 unspecified atom stereocenters. The molecule has 2 aromatic carbocycles. The number of hydrogen-bond donors (Lipinski definition) is 1. The smallest absolute Gasteiger partial charge is 0.230 e. The highest BCUT2D eigenvalue weighted by Crippen LogP contribution is 2.24. The van der Waals surface area contributed by atoms with Crippen LogP contribution in [0.25, 0.3) is 11.3 Å².